The van der Waals surface area contributed by atoms with Gasteiger partial charge < -0.3 is 24.4 Å². The molecule has 67 heavy (non-hydrogen) atoms. The lowest BCUT2D eigenvalue weighted by atomic mass is 9.94. The van der Waals surface area contributed by atoms with E-state index in [0.717, 1.165) is 12.4 Å². The molecule has 4 heterocycles. The number of carbonyl (C=O) groups excluding carboxylic acids is 3. The third kappa shape index (κ3) is 10.5. The number of aromatic nitrogens is 6. The number of carboxylic acid groups (broad SMARTS) is 2. The van der Waals surface area contributed by atoms with Gasteiger partial charge in [0.1, 0.15) is 33.7 Å². The van der Waals surface area contributed by atoms with E-state index in [1.165, 1.54) is 97.0 Å². The topological polar surface area (TPSA) is 230 Å². The van der Waals surface area contributed by atoms with Gasteiger partial charge in [-0.15, -0.1) is 0 Å². The zero-order chi connectivity index (χ0) is 49.6. The first-order valence-corrected chi connectivity index (χ1v) is 19.8. The minimum absolute atomic E-state index is 0.00526. The quantitative estimate of drug-likeness (QED) is 0.0811. The summed E-state index contributed by atoms with van der Waals surface area (Å²) in [6.07, 6.45) is -11.0. The number of nitrogens with one attached hydrogen (secondary N) is 1. The first-order chi connectivity index (χ1) is 31.0. The summed E-state index contributed by atoms with van der Waals surface area (Å²) >= 11 is 0. The van der Waals surface area contributed by atoms with Crippen molar-refractivity contribution in [2.75, 3.05) is 10.2 Å². The van der Waals surface area contributed by atoms with Gasteiger partial charge in [0.05, 0.1) is 36.2 Å². The molecule has 0 unspecified atom stereocenters. The first kappa shape index (κ1) is 48.7. The molecule has 24 heteroatoms. The van der Waals surface area contributed by atoms with Gasteiger partial charge in [0.25, 0.3) is 0 Å². The number of hydrogen-bond acceptors (Lipinski definition) is 12. The van der Waals surface area contributed by atoms with E-state index in [9.17, 15) is 60.5 Å². The molecule has 6 aromatic rings. The first-order valence-electron chi connectivity index (χ1n) is 19.8. The molecule has 354 valence electrons. The second kappa shape index (κ2) is 17.5. The molecule has 18 nitrogen and oxygen atoms in total. The summed E-state index contributed by atoms with van der Waals surface area (Å²) < 4.78 is 103. The van der Waals surface area contributed by atoms with Gasteiger partial charge in [-0.25, -0.2) is 43.3 Å². The second-order valence-corrected chi connectivity index (χ2v) is 17.0. The Labute approximate surface area is 375 Å². The van der Waals surface area contributed by atoms with Crippen molar-refractivity contribution in [1.82, 2.24) is 29.5 Å². The highest BCUT2D eigenvalue weighted by molar-refractivity contribution is 6.14. The summed E-state index contributed by atoms with van der Waals surface area (Å²) in [5, 5.41) is 28.8. The molecule has 3 N–H and O–H groups in total. The Kier molecular flexibility index (Phi) is 12.7. The number of rotatable bonds is 11. The molecule has 2 aromatic carbocycles. The van der Waals surface area contributed by atoms with Crippen molar-refractivity contribution in [3.63, 3.8) is 0 Å². The zero-order valence-electron chi connectivity index (χ0n) is 36.4. The van der Waals surface area contributed by atoms with Crippen LogP contribution in [0.15, 0.2) is 73.3 Å². The average Bonchev–Trinajstić information content (AvgIpc) is 3.87. The molecule has 4 aromatic heterocycles. The molecule has 0 aliphatic heterocycles. The number of anilines is 2. The Morgan fingerprint density at radius 3 is 1.48 bits per heavy atom. The van der Waals surface area contributed by atoms with Crippen LogP contribution in [0.2, 0.25) is 0 Å². The van der Waals surface area contributed by atoms with Crippen molar-refractivity contribution in [1.29, 1.82) is 0 Å². The van der Waals surface area contributed by atoms with Crippen molar-refractivity contribution in [3.8, 4) is 11.4 Å². The molecule has 0 aliphatic carbocycles. The predicted molar refractivity (Wildman–Crippen MR) is 224 cm³/mol. The van der Waals surface area contributed by atoms with Crippen molar-refractivity contribution in [3.05, 3.63) is 95.8 Å². The highest BCUT2D eigenvalue weighted by Crippen LogP contribution is 2.39. The van der Waals surface area contributed by atoms with Crippen molar-refractivity contribution < 1.29 is 74.7 Å². The number of aromatic carboxylic acids is 2. The molecule has 3 amide bonds. The van der Waals surface area contributed by atoms with Gasteiger partial charge >= 0.3 is 42.6 Å². The van der Waals surface area contributed by atoms with Crippen LogP contribution < -0.4 is 10.2 Å². The number of amides is 3. The average molecular weight is 943 g/mol. The van der Waals surface area contributed by atoms with Crippen LogP contribution in [0.4, 0.5) is 52.4 Å². The minimum Gasteiger partial charge on any atom is -0.478 e. The van der Waals surface area contributed by atoms with E-state index < -0.39 is 87.7 Å². The van der Waals surface area contributed by atoms with Gasteiger partial charge in [-0.2, -0.15) is 41.4 Å². The number of carbonyl (C=O) groups is 5. The molecule has 0 saturated heterocycles. The zero-order valence-corrected chi connectivity index (χ0v) is 36.4. The van der Waals surface area contributed by atoms with E-state index in [4.69, 9.17) is 14.2 Å². The Hall–Kier alpha value is -7.79. The molecular formula is C43H40F6N8O10. The summed E-state index contributed by atoms with van der Waals surface area (Å²) in [5.41, 5.74) is -9.88. The lowest BCUT2D eigenvalue weighted by molar-refractivity contribution is -0.144. The Bertz CT molecular complexity index is 2940. The SMILES string of the molecule is CC(C)(C)OC(=O)N(C(=O)OC(C)(C)CCC(C)(C)OC(=O)Nc1ncc(-n2ncc(C(=O)O)c2C(F)(F)F)c2ccccc12)c1ncc(-n2ncc(C(=O)O)c2C(F)(F)F)c2ccccc12. The van der Waals surface area contributed by atoms with Crippen LogP contribution in [0.5, 0.6) is 0 Å². The monoisotopic (exact) mass is 942 g/mol. The number of fused-ring (bicyclic) bond motifs is 2. The minimum atomic E-state index is -5.18. The summed E-state index contributed by atoms with van der Waals surface area (Å²) in [6, 6.07) is 11.5. The van der Waals surface area contributed by atoms with Gasteiger partial charge in [0.15, 0.2) is 17.2 Å². The molecule has 0 fully saturated rings. The van der Waals surface area contributed by atoms with E-state index in [1.54, 1.807) is 0 Å². The lowest BCUT2D eigenvalue weighted by Crippen LogP contribution is -2.45. The maximum absolute atomic E-state index is 14.2. The third-order valence-electron chi connectivity index (χ3n) is 9.77. The van der Waals surface area contributed by atoms with Crippen LogP contribution in [-0.4, -0.2) is 86.8 Å². The lowest BCUT2D eigenvalue weighted by Gasteiger charge is -2.33. The van der Waals surface area contributed by atoms with E-state index in [1.807, 2.05) is 0 Å². The molecule has 0 spiro atoms. The molecule has 0 saturated carbocycles. The maximum atomic E-state index is 14.2. The smallest absolute Gasteiger partial charge is 0.434 e. The van der Waals surface area contributed by atoms with Crippen LogP contribution in [0.3, 0.4) is 0 Å². The molecule has 0 atom stereocenters. The fourth-order valence-electron chi connectivity index (χ4n) is 6.79. The number of halogens is 6. The molecule has 6 rings (SSSR count). The Morgan fingerprint density at radius 1 is 0.597 bits per heavy atom. The summed E-state index contributed by atoms with van der Waals surface area (Å²) in [6.45, 7) is 10.6. The number of benzene rings is 2. The van der Waals surface area contributed by atoms with Crippen molar-refractivity contribution >= 4 is 63.4 Å². The van der Waals surface area contributed by atoms with Crippen molar-refractivity contribution in [2.24, 2.45) is 0 Å². The predicted octanol–water partition coefficient (Wildman–Crippen LogP) is 10.1. The Balaban J connectivity index is 1.22. The van der Waals surface area contributed by atoms with Crippen LogP contribution in [-0.2, 0) is 26.6 Å². The van der Waals surface area contributed by atoms with E-state index in [-0.39, 0.29) is 51.6 Å². The summed E-state index contributed by atoms with van der Waals surface area (Å²) in [5.74, 6) is -4.28. The molecule has 0 radical (unpaired) electrons. The number of ether oxygens (including phenoxy) is 3. The number of alkyl halides is 6. The van der Waals surface area contributed by atoms with E-state index >= 15 is 0 Å². The number of carboxylic acids is 2. The number of imide groups is 1. The van der Waals surface area contributed by atoms with Crippen LogP contribution in [0.1, 0.15) is 93.4 Å². The van der Waals surface area contributed by atoms with Gasteiger partial charge in [0, 0.05) is 21.5 Å². The normalized spacial score (nSPS) is 12.5. The highest BCUT2D eigenvalue weighted by Gasteiger charge is 2.43. The van der Waals surface area contributed by atoms with E-state index in [2.05, 4.69) is 25.5 Å². The third-order valence-corrected chi connectivity index (χ3v) is 9.77. The van der Waals surface area contributed by atoms with Gasteiger partial charge in [0.2, 0.25) is 0 Å². The fraction of sp³-hybridized carbons (Fsp3) is 0.326. The second-order valence-electron chi connectivity index (χ2n) is 17.0. The molecule has 0 aliphatic rings. The fourth-order valence-corrected chi connectivity index (χ4v) is 6.79. The Morgan fingerprint density at radius 2 is 1.01 bits per heavy atom. The van der Waals surface area contributed by atoms with Crippen LogP contribution >= 0.6 is 0 Å². The van der Waals surface area contributed by atoms with Gasteiger partial charge in [-0.3, -0.25) is 5.32 Å². The van der Waals surface area contributed by atoms with Crippen LogP contribution in [0, 0.1) is 0 Å². The highest BCUT2D eigenvalue weighted by atomic mass is 19.4. The summed E-state index contributed by atoms with van der Waals surface area (Å²) in [7, 11) is 0. The van der Waals surface area contributed by atoms with E-state index in [0.29, 0.717) is 26.7 Å². The molecular weight excluding hydrogens is 903 g/mol. The molecule has 0 bridgehead atoms. The maximum Gasteiger partial charge on any atom is 0.434 e. The number of pyridine rings is 2. The summed E-state index contributed by atoms with van der Waals surface area (Å²) in [4.78, 5) is 73.2. The largest absolute Gasteiger partial charge is 0.478 e. The van der Waals surface area contributed by atoms with Crippen LogP contribution in [0.25, 0.3) is 32.9 Å². The van der Waals surface area contributed by atoms with Gasteiger partial charge in [-0.1, -0.05) is 48.5 Å². The number of nitrogens with zero attached hydrogens (tertiary/aromatic N) is 7. The standard InChI is InChI=1S/C43H40F6N8O10/c1-39(2,3)66-37(63)55(33-25-15-11-9-13-23(25)29(21-51-33)57-31(43(47,48)49)27(19-53-57)35(60)61)38(64)67-41(6,7)17-16-40(4,5)65-36(62)54-32-24-14-10-8-12-22(24)28(20-50-32)56-30(42(44,45)46)26(18-52-56)34(58)59/h8-15,18-21H,16-17H2,1-7H3,(H,58,59)(H,60,61)(H,50,54,62). The van der Waals surface area contributed by atoms with Gasteiger partial charge in [-0.05, 0) is 61.3 Å². The number of hydrogen-bond donors (Lipinski definition) is 3. The van der Waals surface area contributed by atoms with Crippen molar-refractivity contribution in [2.45, 2.75) is 90.5 Å².